The Balaban J connectivity index is 1.60. The maximum absolute atomic E-state index is 13.2. The van der Waals surface area contributed by atoms with Crippen molar-refractivity contribution >= 4 is 17.7 Å². The van der Waals surface area contributed by atoms with E-state index in [-0.39, 0.29) is 17.8 Å². The molecule has 1 unspecified atom stereocenters. The molecule has 0 bridgehead atoms. The molecule has 6 nitrogen and oxygen atoms in total. The van der Waals surface area contributed by atoms with Crippen LogP contribution in [-0.4, -0.2) is 54.5 Å². The predicted octanol–water partition coefficient (Wildman–Crippen LogP) is 3.49. The summed E-state index contributed by atoms with van der Waals surface area (Å²) in [6, 6.07) is 13.6. The van der Waals surface area contributed by atoms with E-state index in [9.17, 15) is 9.59 Å². The molecule has 6 heteroatoms. The van der Waals surface area contributed by atoms with Crippen LogP contribution >= 0.6 is 0 Å². The Morgan fingerprint density at radius 3 is 2.34 bits per heavy atom. The summed E-state index contributed by atoms with van der Waals surface area (Å²) in [7, 11) is 0. The lowest BCUT2D eigenvalue weighted by Gasteiger charge is -2.37. The molecule has 0 aliphatic carbocycles. The molecule has 29 heavy (non-hydrogen) atoms. The minimum absolute atomic E-state index is 0.0743. The minimum atomic E-state index is -0.357. The van der Waals surface area contributed by atoms with Gasteiger partial charge in [-0.3, -0.25) is 4.79 Å². The molecule has 0 saturated carbocycles. The number of benzene rings is 1. The van der Waals surface area contributed by atoms with Crippen LogP contribution in [0.1, 0.15) is 48.5 Å². The van der Waals surface area contributed by atoms with E-state index >= 15 is 0 Å². The number of nitrogens with zero attached hydrogens (tertiary/aromatic N) is 3. The van der Waals surface area contributed by atoms with Crippen molar-refractivity contribution in [3.8, 4) is 0 Å². The average molecular weight is 396 g/mol. The summed E-state index contributed by atoms with van der Waals surface area (Å²) in [6.45, 7) is 7.05. The van der Waals surface area contributed by atoms with Crippen LogP contribution in [0.5, 0.6) is 0 Å². The second-order valence-corrected chi connectivity index (χ2v) is 7.19. The third-order valence-corrected chi connectivity index (χ3v) is 5.25. The van der Waals surface area contributed by atoms with Crippen molar-refractivity contribution in [3.05, 3.63) is 59.8 Å². The second kappa shape index (κ2) is 10.0. The highest BCUT2D eigenvalue weighted by Gasteiger charge is 2.28. The maximum Gasteiger partial charge on any atom is 0.339 e. The number of anilines is 1. The van der Waals surface area contributed by atoms with Crippen molar-refractivity contribution < 1.29 is 14.3 Å². The highest BCUT2D eigenvalue weighted by molar-refractivity contribution is 5.89. The molecule has 1 aromatic heterocycles. The summed E-state index contributed by atoms with van der Waals surface area (Å²) in [5.74, 6) is 0.598. The average Bonchev–Trinajstić information content (AvgIpc) is 2.78. The summed E-state index contributed by atoms with van der Waals surface area (Å²) < 4.78 is 5.00. The molecule has 154 valence electrons. The van der Waals surface area contributed by atoms with Gasteiger partial charge in [0.15, 0.2) is 0 Å². The van der Waals surface area contributed by atoms with E-state index in [1.165, 1.54) is 0 Å². The largest absolute Gasteiger partial charge is 0.462 e. The molecule has 1 aromatic carbocycles. The number of pyridine rings is 1. The molecule has 2 aromatic rings. The number of carbonyl (C=O) groups is 2. The molecule has 1 atom stereocenters. The van der Waals surface area contributed by atoms with Gasteiger partial charge in [0.05, 0.1) is 18.1 Å². The minimum Gasteiger partial charge on any atom is -0.462 e. The van der Waals surface area contributed by atoms with Crippen molar-refractivity contribution in [2.75, 3.05) is 37.7 Å². The molecule has 0 spiro atoms. The molecule has 1 amide bonds. The van der Waals surface area contributed by atoms with Crippen LogP contribution in [0.2, 0.25) is 0 Å². The number of carbonyl (C=O) groups excluding carboxylic acids is 2. The first kappa shape index (κ1) is 20.8. The third kappa shape index (κ3) is 5.13. The van der Waals surface area contributed by atoms with Crippen molar-refractivity contribution in [1.82, 2.24) is 9.88 Å². The Labute approximate surface area is 172 Å². The number of hydrogen-bond acceptors (Lipinski definition) is 5. The standard InChI is InChI=1S/C23H29N3O3/c1-3-8-20(18-9-6-5-7-10-18)22(27)26-15-13-25(14-16-26)21-12-11-19(17-24-21)23(28)29-4-2/h5-7,9-12,17,20H,3-4,8,13-16H2,1-2H3. The van der Waals surface area contributed by atoms with Gasteiger partial charge >= 0.3 is 5.97 Å². The van der Waals surface area contributed by atoms with E-state index in [0.717, 1.165) is 37.3 Å². The van der Waals surface area contributed by atoms with Crippen LogP contribution < -0.4 is 4.90 Å². The Morgan fingerprint density at radius 2 is 1.76 bits per heavy atom. The monoisotopic (exact) mass is 395 g/mol. The molecule has 0 N–H and O–H groups in total. The first-order valence-electron chi connectivity index (χ1n) is 10.4. The van der Waals surface area contributed by atoms with Gasteiger partial charge in [-0.05, 0) is 31.0 Å². The van der Waals surface area contributed by atoms with E-state index in [2.05, 4.69) is 16.8 Å². The highest BCUT2D eigenvalue weighted by atomic mass is 16.5. The molecular formula is C23H29N3O3. The van der Waals surface area contributed by atoms with Gasteiger partial charge in [-0.1, -0.05) is 43.7 Å². The zero-order chi connectivity index (χ0) is 20.6. The summed E-state index contributed by atoms with van der Waals surface area (Å²) in [6.07, 6.45) is 3.39. The van der Waals surface area contributed by atoms with Gasteiger partial charge in [0.25, 0.3) is 0 Å². The SMILES string of the molecule is CCCC(C(=O)N1CCN(c2ccc(C(=O)OCC)cn2)CC1)c1ccccc1. The smallest absolute Gasteiger partial charge is 0.339 e. The fourth-order valence-corrected chi connectivity index (χ4v) is 3.69. The van der Waals surface area contributed by atoms with Gasteiger partial charge in [-0.25, -0.2) is 9.78 Å². The van der Waals surface area contributed by atoms with Gasteiger partial charge < -0.3 is 14.5 Å². The van der Waals surface area contributed by atoms with Gasteiger partial charge in [0, 0.05) is 32.4 Å². The Bertz CT molecular complexity index is 800. The first-order valence-corrected chi connectivity index (χ1v) is 10.4. The van der Waals surface area contributed by atoms with E-state index in [1.807, 2.05) is 41.3 Å². The Morgan fingerprint density at radius 1 is 1.03 bits per heavy atom. The van der Waals surface area contributed by atoms with Crippen molar-refractivity contribution in [2.24, 2.45) is 0 Å². The van der Waals surface area contributed by atoms with Gasteiger partial charge in [0.1, 0.15) is 5.82 Å². The normalized spacial score (nSPS) is 15.1. The van der Waals surface area contributed by atoms with E-state index in [0.29, 0.717) is 25.3 Å². The van der Waals surface area contributed by atoms with Crippen LogP contribution in [0, 0.1) is 0 Å². The summed E-state index contributed by atoms with van der Waals surface area (Å²) in [5.41, 5.74) is 1.55. The molecule has 1 aliphatic heterocycles. The molecule has 1 aliphatic rings. The number of esters is 1. The second-order valence-electron chi connectivity index (χ2n) is 7.19. The van der Waals surface area contributed by atoms with Crippen LogP contribution in [0.25, 0.3) is 0 Å². The Hall–Kier alpha value is -2.89. The Kier molecular flexibility index (Phi) is 7.22. The quantitative estimate of drug-likeness (QED) is 0.672. The summed E-state index contributed by atoms with van der Waals surface area (Å²) >= 11 is 0. The maximum atomic E-state index is 13.2. The number of rotatable bonds is 7. The van der Waals surface area contributed by atoms with Crippen LogP contribution in [0.4, 0.5) is 5.82 Å². The first-order chi connectivity index (χ1) is 14.1. The van der Waals surface area contributed by atoms with E-state index in [1.54, 1.807) is 19.2 Å². The molecule has 1 saturated heterocycles. The third-order valence-electron chi connectivity index (χ3n) is 5.25. The van der Waals surface area contributed by atoms with E-state index < -0.39 is 0 Å². The fourth-order valence-electron chi connectivity index (χ4n) is 3.69. The predicted molar refractivity (Wildman–Crippen MR) is 113 cm³/mol. The molecular weight excluding hydrogens is 366 g/mol. The zero-order valence-electron chi connectivity index (χ0n) is 17.2. The summed E-state index contributed by atoms with van der Waals surface area (Å²) in [5, 5.41) is 0. The fraction of sp³-hybridized carbons (Fsp3) is 0.435. The molecule has 1 fully saturated rings. The zero-order valence-corrected chi connectivity index (χ0v) is 17.2. The van der Waals surface area contributed by atoms with Crippen LogP contribution in [0.15, 0.2) is 48.7 Å². The van der Waals surface area contributed by atoms with E-state index in [4.69, 9.17) is 4.74 Å². The molecule has 0 radical (unpaired) electrons. The molecule has 2 heterocycles. The number of piperazine rings is 1. The van der Waals surface area contributed by atoms with Gasteiger partial charge in [-0.15, -0.1) is 0 Å². The van der Waals surface area contributed by atoms with Crippen LogP contribution in [-0.2, 0) is 9.53 Å². The number of hydrogen-bond donors (Lipinski definition) is 0. The lowest BCUT2D eigenvalue weighted by atomic mass is 9.93. The number of amides is 1. The van der Waals surface area contributed by atoms with Crippen molar-refractivity contribution in [2.45, 2.75) is 32.6 Å². The van der Waals surface area contributed by atoms with Crippen molar-refractivity contribution in [1.29, 1.82) is 0 Å². The molecule has 3 rings (SSSR count). The lowest BCUT2D eigenvalue weighted by Crippen LogP contribution is -2.50. The van der Waals surface area contributed by atoms with Gasteiger partial charge in [0.2, 0.25) is 5.91 Å². The number of ether oxygens (including phenoxy) is 1. The topological polar surface area (TPSA) is 62.7 Å². The van der Waals surface area contributed by atoms with Gasteiger partial charge in [-0.2, -0.15) is 0 Å². The lowest BCUT2D eigenvalue weighted by molar-refractivity contribution is -0.133. The van der Waals surface area contributed by atoms with Crippen molar-refractivity contribution in [3.63, 3.8) is 0 Å². The highest BCUT2D eigenvalue weighted by Crippen LogP contribution is 2.25. The van der Waals surface area contributed by atoms with Crippen LogP contribution in [0.3, 0.4) is 0 Å². The summed E-state index contributed by atoms with van der Waals surface area (Å²) in [4.78, 5) is 33.4. The number of aromatic nitrogens is 1.